The summed E-state index contributed by atoms with van der Waals surface area (Å²) in [5, 5.41) is 7.67. The van der Waals surface area contributed by atoms with Crippen LogP contribution >= 0.6 is 11.3 Å². The van der Waals surface area contributed by atoms with Crippen LogP contribution in [0.25, 0.3) is 32.4 Å². The maximum atomic E-state index is 14.6. The van der Waals surface area contributed by atoms with E-state index in [9.17, 15) is 13.2 Å². The molecule has 0 radical (unpaired) electrons. The van der Waals surface area contributed by atoms with Crippen molar-refractivity contribution in [2.75, 3.05) is 12.4 Å². The van der Waals surface area contributed by atoms with Crippen molar-refractivity contribution in [1.82, 2.24) is 29.3 Å². The van der Waals surface area contributed by atoms with E-state index in [1.807, 2.05) is 13.8 Å². The smallest absolute Gasteiger partial charge is 0.381 e. The number of nitrogens with one attached hydrogen (secondary N) is 1. The average Bonchev–Trinajstić information content (AvgIpc) is 3.57. The van der Waals surface area contributed by atoms with Crippen molar-refractivity contribution in [2.45, 2.75) is 57.5 Å². The number of aryl methyl sites for hydroxylation is 1. The topological polar surface area (TPSA) is 82.7 Å². The first kappa shape index (κ1) is 23.7. The van der Waals surface area contributed by atoms with E-state index in [1.165, 1.54) is 0 Å². The van der Waals surface area contributed by atoms with E-state index in [1.54, 1.807) is 48.1 Å². The molecular weight excluding hydrogens is 479 g/mol. The lowest BCUT2D eigenvalue weighted by Crippen LogP contribution is -2.19. The van der Waals surface area contributed by atoms with Gasteiger partial charge in [0, 0.05) is 44.8 Å². The number of hydrogen-bond acceptors (Lipinski definition) is 7. The molecule has 1 aliphatic rings. The molecule has 8 nitrogen and oxygen atoms in total. The van der Waals surface area contributed by atoms with Gasteiger partial charge in [-0.1, -0.05) is 0 Å². The molecule has 1 fully saturated rings. The van der Waals surface area contributed by atoms with Gasteiger partial charge in [0.05, 0.1) is 21.9 Å². The molecule has 35 heavy (non-hydrogen) atoms. The van der Waals surface area contributed by atoms with E-state index in [0.717, 1.165) is 24.2 Å². The number of rotatable bonds is 6. The van der Waals surface area contributed by atoms with Crippen LogP contribution < -0.4 is 5.32 Å². The second kappa shape index (κ2) is 8.90. The summed E-state index contributed by atoms with van der Waals surface area (Å²) < 4.78 is 52.5. The van der Waals surface area contributed by atoms with Crippen molar-refractivity contribution in [3.63, 3.8) is 0 Å². The summed E-state index contributed by atoms with van der Waals surface area (Å²) in [4.78, 5) is 13.7. The summed E-state index contributed by atoms with van der Waals surface area (Å²) in [6.07, 6.45) is 2.80. The predicted octanol–water partition coefficient (Wildman–Crippen LogP) is 5.53. The van der Waals surface area contributed by atoms with Crippen LogP contribution in [0.4, 0.5) is 19.0 Å². The van der Waals surface area contributed by atoms with Gasteiger partial charge in [0.1, 0.15) is 16.3 Å². The number of hydrogen-bond donors (Lipinski definition) is 1. The lowest BCUT2D eigenvalue weighted by molar-refractivity contribution is -0.135. The molecule has 4 aromatic rings. The standard InChI is InChI=1S/C23H26F3N7OS/c1-12(2)33-9-7-15(31-33)18-17(23(24,25)26)16-19(28-13-5-6-14(11-13)34-4)29-20(30-22(16)35-18)21-27-8-10-32(21)3/h7-10,12-14H,5-6,11H2,1-4H3,(H,28,29,30)/t13-,14+/m1/s1. The Kier molecular flexibility index (Phi) is 6.04. The normalized spacial score (nSPS) is 18.7. The minimum Gasteiger partial charge on any atom is -0.381 e. The number of halogens is 3. The molecule has 0 amide bonds. The third kappa shape index (κ3) is 4.40. The van der Waals surface area contributed by atoms with Crippen LogP contribution in [0.5, 0.6) is 0 Å². The predicted molar refractivity (Wildman–Crippen MR) is 128 cm³/mol. The molecule has 4 aromatic heterocycles. The minimum absolute atomic E-state index is 0.0237. The molecule has 1 N–H and O–H groups in total. The fourth-order valence-electron chi connectivity index (χ4n) is 4.46. The van der Waals surface area contributed by atoms with Gasteiger partial charge in [0.2, 0.25) is 0 Å². The highest BCUT2D eigenvalue weighted by atomic mass is 32.1. The van der Waals surface area contributed by atoms with E-state index >= 15 is 0 Å². The Morgan fingerprint density at radius 2 is 2.00 bits per heavy atom. The van der Waals surface area contributed by atoms with E-state index in [0.29, 0.717) is 12.2 Å². The molecular formula is C23H26F3N7OS. The number of fused-ring (bicyclic) bond motifs is 1. The van der Waals surface area contributed by atoms with Gasteiger partial charge in [-0.05, 0) is 39.2 Å². The molecule has 1 saturated carbocycles. The molecule has 12 heteroatoms. The van der Waals surface area contributed by atoms with Gasteiger partial charge in [0.15, 0.2) is 11.6 Å². The van der Waals surface area contributed by atoms with Crippen molar-refractivity contribution in [1.29, 1.82) is 0 Å². The Hall–Kier alpha value is -2.99. The number of alkyl halides is 3. The number of aromatic nitrogens is 6. The molecule has 4 heterocycles. The van der Waals surface area contributed by atoms with E-state index < -0.39 is 11.7 Å². The molecule has 0 aromatic carbocycles. The third-order valence-electron chi connectivity index (χ3n) is 6.29. The van der Waals surface area contributed by atoms with Crippen molar-refractivity contribution < 1.29 is 17.9 Å². The Morgan fingerprint density at radius 1 is 1.20 bits per heavy atom. The quantitative estimate of drug-likeness (QED) is 0.371. The first-order valence-corrected chi connectivity index (χ1v) is 12.2. The Labute approximate surface area is 204 Å². The molecule has 186 valence electrons. The second-order valence-corrected chi connectivity index (χ2v) is 10.0. The first-order valence-electron chi connectivity index (χ1n) is 11.4. The molecule has 1 aliphatic carbocycles. The molecule has 2 atom stereocenters. The number of thiophene rings is 1. The summed E-state index contributed by atoms with van der Waals surface area (Å²) in [6, 6.07) is 1.58. The average molecular weight is 506 g/mol. The highest BCUT2D eigenvalue weighted by Crippen LogP contribution is 2.48. The molecule has 0 spiro atoms. The Morgan fingerprint density at radius 3 is 2.60 bits per heavy atom. The zero-order valence-electron chi connectivity index (χ0n) is 19.8. The summed E-state index contributed by atoms with van der Waals surface area (Å²) in [6.45, 7) is 3.85. The number of nitrogens with zero attached hydrogens (tertiary/aromatic N) is 6. The fraction of sp³-hybridized carbons (Fsp3) is 0.478. The zero-order chi connectivity index (χ0) is 24.9. The van der Waals surface area contributed by atoms with E-state index in [-0.39, 0.29) is 50.6 Å². The maximum absolute atomic E-state index is 14.6. The monoisotopic (exact) mass is 505 g/mol. The zero-order valence-corrected chi connectivity index (χ0v) is 20.6. The van der Waals surface area contributed by atoms with Crippen molar-refractivity contribution in [3.05, 3.63) is 30.2 Å². The third-order valence-corrected chi connectivity index (χ3v) is 7.39. The Bertz CT molecular complexity index is 1360. The van der Waals surface area contributed by atoms with Crippen LogP contribution in [0.15, 0.2) is 24.7 Å². The van der Waals surface area contributed by atoms with Crippen LogP contribution in [0, 0.1) is 0 Å². The SMILES string of the molecule is CO[C@H]1CC[C@@H](Nc2nc(-c3nccn3C)nc3sc(-c4ccn(C(C)C)n4)c(C(F)(F)F)c23)C1. The van der Waals surface area contributed by atoms with Crippen LogP contribution in [0.1, 0.15) is 44.7 Å². The van der Waals surface area contributed by atoms with Gasteiger partial charge in [-0.25, -0.2) is 15.0 Å². The number of ether oxygens (including phenoxy) is 1. The summed E-state index contributed by atoms with van der Waals surface area (Å²) in [5.74, 6) is 0.902. The largest absolute Gasteiger partial charge is 0.418 e. The number of methoxy groups -OCH3 is 1. The van der Waals surface area contributed by atoms with Gasteiger partial charge in [-0.2, -0.15) is 18.3 Å². The van der Waals surface area contributed by atoms with Gasteiger partial charge in [-0.15, -0.1) is 11.3 Å². The van der Waals surface area contributed by atoms with E-state index in [4.69, 9.17) is 4.74 Å². The summed E-state index contributed by atoms with van der Waals surface area (Å²) >= 11 is 0.975. The maximum Gasteiger partial charge on any atom is 0.418 e. The van der Waals surface area contributed by atoms with Gasteiger partial charge in [0.25, 0.3) is 0 Å². The lowest BCUT2D eigenvalue weighted by atomic mass is 10.1. The van der Waals surface area contributed by atoms with Gasteiger partial charge in [-0.3, -0.25) is 4.68 Å². The molecule has 0 aliphatic heterocycles. The van der Waals surface area contributed by atoms with Gasteiger partial charge >= 0.3 is 6.18 Å². The first-order chi connectivity index (χ1) is 16.7. The number of imidazole rings is 1. The molecule has 5 rings (SSSR count). The highest BCUT2D eigenvalue weighted by Gasteiger charge is 2.41. The van der Waals surface area contributed by atoms with Crippen molar-refractivity contribution in [3.8, 4) is 22.2 Å². The number of anilines is 1. The molecule has 0 bridgehead atoms. The van der Waals surface area contributed by atoms with Crippen LogP contribution in [-0.4, -0.2) is 48.6 Å². The van der Waals surface area contributed by atoms with Crippen LogP contribution in [0.3, 0.4) is 0 Å². The molecule has 0 unspecified atom stereocenters. The van der Waals surface area contributed by atoms with E-state index in [2.05, 4.69) is 25.4 Å². The molecule has 0 saturated heterocycles. The minimum atomic E-state index is -4.62. The van der Waals surface area contributed by atoms with Crippen molar-refractivity contribution >= 4 is 27.4 Å². The summed E-state index contributed by atoms with van der Waals surface area (Å²) in [5.41, 5.74) is -0.500. The van der Waals surface area contributed by atoms with Gasteiger partial charge < -0.3 is 14.6 Å². The Balaban J connectivity index is 1.72. The lowest BCUT2D eigenvalue weighted by Gasteiger charge is -2.17. The van der Waals surface area contributed by atoms with Crippen molar-refractivity contribution in [2.24, 2.45) is 7.05 Å². The van der Waals surface area contributed by atoms with Crippen LogP contribution in [-0.2, 0) is 18.0 Å². The summed E-state index contributed by atoms with van der Waals surface area (Å²) in [7, 11) is 3.45. The van der Waals surface area contributed by atoms with Crippen LogP contribution in [0.2, 0.25) is 0 Å². The highest BCUT2D eigenvalue weighted by molar-refractivity contribution is 7.22. The fourth-order valence-corrected chi connectivity index (χ4v) is 5.62. The second-order valence-electron chi connectivity index (χ2n) is 9.03.